The molecule has 1 aromatic heterocycles. The molecule has 0 aliphatic carbocycles. The van der Waals surface area contributed by atoms with E-state index in [0.29, 0.717) is 31.5 Å². The maximum Gasteiger partial charge on any atom is 0.317 e. The summed E-state index contributed by atoms with van der Waals surface area (Å²) in [6.07, 6.45) is 6.42. The number of likely N-dealkylation sites (tertiary alicyclic amines) is 2. The van der Waals surface area contributed by atoms with Crippen LogP contribution in [-0.2, 0) is 4.79 Å². The van der Waals surface area contributed by atoms with Crippen molar-refractivity contribution in [3.63, 3.8) is 0 Å². The van der Waals surface area contributed by atoms with Crippen molar-refractivity contribution in [2.24, 2.45) is 11.8 Å². The summed E-state index contributed by atoms with van der Waals surface area (Å²) in [5.74, 6) is 0.922. The van der Waals surface area contributed by atoms with Gasteiger partial charge in [-0.2, -0.15) is 5.10 Å². The summed E-state index contributed by atoms with van der Waals surface area (Å²) >= 11 is 0. The topological polar surface area (TPSA) is 70.5 Å². The SMILES string of the molecule is Cc1cnn(C2CN(C(=O)C[C@H]3CCCN(C(=O)NCC(C)C)C3)C2)c1. The van der Waals surface area contributed by atoms with Gasteiger partial charge in [0.1, 0.15) is 0 Å². The number of carbonyl (C=O) groups excluding carboxylic acids is 2. The van der Waals surface area contributed by atoms with Crippen LogP contribution in [0.25, 0.3) is 0 Å². The summed E-state index contributed by atoms with van der Waals surface area (Å²) in [6.45, 7) is 9.85. The van der Waals surface area contributed by atoms with Gasteiger partial charge in [0.05, 0.1) is 12.2 Å². The fraction of sp³-hybridized carbons (Fsp3) is 0.737. The molecule has 7 heteroatoms. The smallest absolute Gasteiger partial charge is 0.317 e. The molecular weight excluding hydrogens is 330 g/mol. The highest BCUT2D eigenvalue weighted by molar-refractivity contribution is 5.78. The molecular formula is C19H31N5O2. The van der Waals surface area contributed by atoms with E-state index in [1.165, 1.54) is 0 Å². The molecule has 0 aromatic carbocycles. The number of rotatable bonds is 5. The van der Waals surface area contributed by atoms with Crippen LogP contribution in [0.5, 0.6) is 0 Å². The molecule has 0 bridgehead atoms. The Labute approximate surface area is 155 Å². The number of urea groups is 1. The Hall–Kier alpha value is -2.05. The molecule has 2 saturated heterocycles. The van der Waals surface area contributed by atoms with Crippen LogP contribution in [0.3, 0.4) is 0 Å². The van der Waals surface area contributed by atoms with E-state index < -0.39 is 0 Å². The lowest BCUT2D eigenvalue weighted by atomic mass is 9.93. The molecule has 0 unspecified atom stereocenters. The zero-order valence-corrected chi connectivity index (χ0v) is 16.1. The Morgan fingerprint density at radius 1 is 1.27 bits per heavy atom. The monoisotopic (exact) mass is 361 g/mol. The van der Waals surface area contributed by atoms with Crippen LogP contribution in [0.1, 0.15) is 44.7 Å². The first-order chi connectivity index (χ1) is 12.4. The number of piperidine rings is 1. The molecule has 3 heterocycles. The molecule has 0 spiro atoms. The lowest BCUT2D eigenvalue weighted by Crippen LogP contribution is -2.52. The Bertz CT molecular complexity index is 636. The average Bonchev–Trinajstić information content (AvgIpc) is 2.97. The molecule has 2 fully saturated rings. The first-order valence-electron chi connectivity index (χ1n) is 9.73. The summed E-state index contributed by atoms with van der Waals surface area (Å²) in [7, 11) is 0. The van der Waals surface area contributed by atoms with Gasteiger partial charge in [-0.15, -0.1) is 0 Å². The van der Waals surface area contributed by atoms with Crippen LogP contribution in [0.4, 0.5) is 4.79 Å². The molecule has 3 amide bonds. The molecule has 3 rings (SSSR count). The van der Waals surface area contributed by atoms with Crippen molar-refractivity contribution in [2.45, 2.75) is 46.1 Å². The number of nitrogens with zero attached hydrogens (tertiary/aromatic N) is 4. The molecule has 2 aliphatic heterocycles. The number of nitrogens with one attached hydrogen (secondary N) is 1. The van der Waals surface area contributed by atoms with Gasteiger partial charge in [0.25, 0.3) is 0 Å². The number of aromatic nitrogens is 2. The van der Waals surface area contributed by atoms with E-state index in [1.54, 1.807) is 0 Å². The predicted molar refractivity (Wildman–Crippen MR) is 99.7 cm³/mol. The quantitative estimate of drug-likeness (QED) is 0.872. The van der Waals surface area contributed by atoms with Crippen molar-refractivity contribution in [1.82, 2.24) is 24.9 Å². The Kier molecular flexibility index (Phi) is 5.84. The van der Waals surface area contributed by atoms with Crippen molar-refractivity contribution >= 4 is 11.9 Å². The van der Waals surface area contributed by atoms with Crippen LogP contribution in [-0.4, -0.2) is 64.2 Å². The Morgan fingerprint density at radius 2 is 2.04 bits per heavy atom. The minimum absolute atomic E-state index is 0.00825. The molecule has 144 valence electrons. The lowest BCUT2D eigenvalue weighted by Gasteiger charge is -2.40. The molecule has 1 atom stereocenters. The third kappa shape index (κ3) is 4.56. The fourth-order valence-corrected chi connectivity index (χ4v) is 3.65. The van der Waals surface area contributed by atoms with E-state index in [0.717, 1.165) is 38.0 Å². The van der Waals surface area contributed by atoms with E-state index in [9.17, 15) is 9.59 Å². The van der Waals surface area contributed by atoms with Crippen LogP contribution in [0.15, 0.2) is 12.4 Å². The van der Waals surface area contributed by atoms with E-state index in [-0.39, 0.29) is 17.9 Å². The molecule has 7 nitrogen and oxygen atoms in total. The van der Waals surface area contributed by atoms with Crippen LogP contribution in [0.2, 0.25) is 0 Å². The highest BCUT2D eigenvalue weighted by Crippen LogP contribution is 2.25. The molecule has 0 radical (unpaired) electrons. The van der Waals surface area contributed by atoms with Crippen molar-refractivity contribution in [3.05, 3.63) is 18.0 Å². The van der Waals surface area contributed by atoms with E-state index >= 15 is 0 Å². The van der Waals surface area contributed by atoms with E-state index in [4.69, 9.17) is 0 Å². The number of carbonyl (C=O) groups is 2. The fourth-order valence-electron chi connectivity index (χ4n) is 3.65. The molecule has 0 saturated carbocycles. The summed E-state index contributed by atoms with van der Waals surface area (Å²) in [5, 5.41) is 7.31. The van der Waals surface area contributed by atoms with Gasteiger partial charge in [0.2, 0.25) is 5.91 Å². The highest BCUT2D eigenvalue weighted by Gasteiger charge is 2.34. The van der Waals surface area contributed by atoms with Crippen LogP contribution in [0, 0.1) is 18.8 Å². The van der Waals surface area contributed by atoms with Crippen molar-refractivity contribution in [3.8, 4) is 0 Å². The second kappa shape index (κ2) is 8.10. The lowest BCUT2D eigenvalue weighted by molar-refractivity contribution is -0.138. The van der Waals surface area contributed by atoms with Gasteiger partial charge in [-0.3, -0.25) is 9.48 Å². The molecule has 26 heavy (non-hydrogen) atoms. The number of amides is 3. The first-order valence-corrected chi connectivity index (χ1v) is 9.73. The van der Waals surface area contributed by atoms with Gasteiger partial charge in [-0.05, 0) is 37.2 Å². The zero-order chi connectivity index (χ0) is 18.7. The molecule has 2 aliphatic rings. The normalized spacial score (nSPS) is 21.0. The van der Waals surface area contributed by atoms with Gasteiger partial charge < -0.3 is 15.1 Å². The van der Waals surface area contributed by atoms with Gasteiger partial charge in [-0.1, -0.05) is 13.8 Å². The number of hydrogen-bond acceptors (Lipinski definition) is 3. The van der Waals surface area contributed by atoms with Gasteiger partial charge in [0, 0.05) is 45.3 Å². The summed E-state index contributed by atoms with van der Waals surface area (Å²) < 4.78 is 1.96. The number of hydrogen-bond donors (Lipinski definition) is 1. The minimum atomic E-state index is 0.00825. The Balaban J connectivity index is 1.42. The minimum Gasteiger partial charge on any atom is -0.338 e. The molecule has 1 N–H and O–H groups in total. The van der Waals surface area contributed by atoms with E-state index in [2.05, 4.69) is 24.3 Å². The standard InChI is InChI=1S/C19H31N5O2/c1-14(2)8-20-19(26)22-6-4-5-16(11-22)7-18(25)23-12-17(13-23)24-10-15(3)9-21-24/h9-10,14,16-17H,4-8,11-13H2,1-3H3,(H,20,26)/t16-/m1/s1. The third-order valence-electron chi connectivity index (χ3n) is 5.25. The van der Waals surface area contributed by atoms with Gasteiger partial charge >= 0.3 is 6.03 Å². The first kappa shape index (κ1) is 18.7. The van der Waals surface area contributed by atoms with E-state index in [1.807, 2.05) is 33.8 Å². The zero-order valence-electron chi connectivity index (χ0n) is 16.1. The predicted octanol–water partition coefficient (Wildman–Crippen LogP) is 2.04. The van der Waals surface area contributed by atoms with Crippen LogP contribution >= 0.6 is 0 Å². The second-order valence-electron chi connectivity index (χ2n) is 8.19. The van der Waals surface area contributed by atoms with Gasteiger partial charge in [0.15, 0.2) is 0 Å². The second-order valence-corrected chi connectivity index (χ2v) is 8.19. The largest absolute Gasteiger partial charge is 0.338 e. The van der Waals surface area contributed by atoms with Crippen molar-refractivity contribution in [1.29, 1.82) is 0 Å². The Morgan fingerprint density at radius 3 is 2.69 bits per heavy atom. The maximum absolute atomic E-state index is 12.5. The van der Waals surface area contributed by atoms with Gasteiger partial charge in [-0.25, -0.2) is 4.79 Å². The highest BCUT2D eigenvalue weighted by atomic mass is 16.2. The summed E-state index contributed by atoms with van der Waals surface area (Å²) in [4.78, 5) is 28.6. The number of aryl methyl sites for hydroxylation is 1. The molecule has 1 aromatic rings. The van der Waals surface area contributed by atoms with Crippen molar-refractivity contribution in [2.75, 3.05) is 32.7 Å². The average molecular weight is 361 g/mol. The summed E-state index contributed by atoms with van der Waals surface area (Å²) in [6, 6.07) is 0.311. The third-order valence-corrected chi connectivity index (χ3v) is 5.25. The summed E-state index contributed by atoms with van der Waals surface area (Å²) in [5.41, 5.74) is 1.15. The van der Waals surface area contributed by atoms with Crippen LogP contribution < -0.4 is 5.32 Å². The van der Waals surface area contributed by atoms with Crippen molar-refractivity contribution < 1.29 is 9.59 Å². The maximum atomic E-state index is 12.5.